The molecule has 0 fully saturated rings. The average molecular weight is 222 g/mol. The first kappa shape index (κ1) is 12.7. The molecule has 3 nitrogen and oxygen atoms in total. The van der Waals surface area contributed by atoms with Crippen molar-refractivity contribution in [2.24, 2.45) is 0 Å². The highest BCUT2D eigenvalue weighted by Crippen LogP contribution is 2.18. The van der Waals surface area contributed by atoms with Crippen LogP contribution in [-0.2, 0) is 11.2 Å². The van der Waals surface area contributed by atoms with Crippen molar-refractivity contribution in [1.29, 1.82) is 0 Å². The highest BCUT2D eigenvalue weighted by atomic mass is 16.4. The number of aliphatic hydroxyl groups is 1. The van der Waals surface area contributed by atoms with Crippen LogP contribution in [0.25, 0.3) is 0 Å². The number of hydrogen-bond donors (Lipinski definition) is 2. The molecule has 0 aliphatic heterocycles. The fourth-order valence-electron chi connectivity index (χ4n) is 1.70. The van der Waals surface area contributed by atoms with E-state index in [0.29, 0.717) is 6.42 Å². The van der Waals surface area contributed by atoms with Crippen LogP contribution in [0.15, 0.2) is 12.1 Å². The number of aliphatic carboxylic acids is 1. The number of hydrogen-bond acceptors (Lipinski definition) is 2. The number of aliphatic hydroxyl groups excluding tert-OH is 1. The van der Waals surface area contributed by atoms with Gasteiger partial charge in [-0.2, -0.15) is 0 Å². The Kier molecular flexibility index (Phi) is 4.07. The average Bonchev–Trinajstić information content (AvgIpc) is 2.24. The summed E-state index contributed by atoms with van der Waals surface area (Å²) in [7, 11) is 0. The van der Waals surface area contributed by atoms with E-state index in [0.717, 1.165) is 5.56 Å². The van der Waals surface area contributed by atoms with Crippen LogP contribution < -0.4 is 0 Å². The lowest BCUT2D eigenvalue weighted by Gasteiger charge is -2.12. The van der Waals surface area contributed by atoms with Gasteiger partial charge in [0.15, 0.2) is 6.10 Å². The zero-order valence-electron chi connectivity index (χ0n) is 9.95. The minimum absolute atomic E-state index is 0.263. The summed E-state index contributed by atoms with van der Waals surface area (Å²) in [6, 6.07) is 4.04. The molecule has 0 bridgehead atoms. The molecule has 0 aromatic heterocycles. The van der Waals surface area contributed by atoms with Crippen molar-refractivity contribution < 1.29 is 15.0 Å². The molecule has 16 heavy (non-hydrogen) atoms. The van der Waals surface area contributed by atoms with Crippen LogP contribution in [0, 0.1) is 20.8 Å². The summed E-state index contributed by atoms with van der Waals surface area (Å²) < 4.78 is 0. The molecule has 0 radical (unpaired) electrons. The predicted molar refractivity (Wildman–Crippen MR) is 62.6 cm³/mol. The Labute approximate surface area is 95.7 Å². The Balaban J connectivity index is 2.75. The summed E-state index contributed by atoms with van der Waals surface area (Å²) in [5, 5.41) is 17.8. The van der Waals surface area contributed by atoms with Crippen LogP contribution in [0.1, 0.15) is 28.7 Å². The lowest BCUT2D eigenvalue weighted by atomic mass is 9.95. The molecular formula is C13H18O3. The zero-order valence-corrected chi connectivity index (χ0v) is 9.95. The van der Waals surface area contributed by atoms with Crippen molar-refractivity contribution in [3.63, 3.8) is 0 Å². The van der Waals surface area contributed by atoms with Crippen molar-refractivity contribution >= 4 is 5.97 Å². The Bertz CT molecular complexity index is 396. The molecule has 1 aromatic rings. The van der Waals surface area contributed by atoms with Crippen molar-refractivity contribution in [3.05, 3.63) is 34.4 Å². The summed E-state index contributed by atoms with van der Waals surface area (Å²) in [5.74, 6) is -1.15. The van der Waals surface area contributed by atoms with Gasteiger partial charge in [0.1, 0.15) is 0 Å². The minimum Gasteiger partial charge on any atom is -0.479 e. The molecule has 2 N–H and O–H groups in total. The second-order valence-corrected chi connectivity index (χ2v) is 4.18. The highest BCUT2D eigenvalue weighted by molar-refractivity contribution is 5.71. The topological polar surface area (TPSA) is 57.5 Å². The Hall–Kier alpha value is -1.35. The van der Waals surface area contributed by atoms with Gasteiger partial charge in [-0.1, -0.05) is 12.1 Å². The lowest BCUT2D eigenvalue weighted by molar-refractivity contribution is -0.146. The third-order valence-electron chi connectivity index (χ3n) is 3.14. The van der Waals surface area contributed by atoms with Crippen LogP contribution in [0.5, 0.6) is 0 Å². The first-order valence-corrected chi connectivity index (χ1v) is 5.40. The SMILES string of the molecule is Cc1ccc(CCC(O)C(=O)O)c(C)c1C. The van der Waals surface area contributed by atoms with Crippen LogP contribution in [-0.4, -0.2) is 22.3 Å². The van der Waals surface area contributed by atoms with Gasteiger partial charge >= 0.3 is 5.97 Å². The van der Waals surface area contributed by atoms with Gasteiger partial charge in [-0.25, -0.2) is 4.79 Å². The number of benzene rings is 1. The summed E-state index contributed by atoms with van der Waals surface area (Å²) in [5.41, 5.74) is 4.78. The van der Waals surface area contributed by atoms with E-state index in [1.165, 1.54) is 16.7 Å². The number of rotatable bonds is 4. The van der Waals surface area contributed by atoms with Gasteiger partial charge in [0, 0.05) is 0 Å². The second-order valence-electron chi connectivity index (χ2n) is 4.18. The number of carbonyl (C=O) groups is 1. The molecule has 0 amide bonds. The molecule has 0 spiro atoms. The Morgan fingerprint density at radius 1 is 1.25 bits per heavy atom. The van der Waals surface area contributed by atoms with E-state index >= 15 is 0 Å². The smallest absolute Gasteiger partial charge is 0.332 e. The molecule has 0 saturated heterocycles. The van der Waals surface area contributed by atoms with E-state index in [1.54, 1.807) is 0 Å². The van der Waals surface area contributed by atoms with Gasteiger partial charge in [-0.05, 0) is 55.9 Å². The standard InChI is InChI=1S/C13H18O3/c1-8-4-5-11(10(3)9(8)2)6-7-12(14)13(15)16/h4-5,12,14H,6-7H2,1-3H3,(H,15,16). The van der Waals surface area contributed by atoms with E-state index in [1.807, 2.05) is 19.1 Å². The number of aryl methyl sites for hydroxylation is 2. The molecule has 1 aromatic carbocycles. The molecule has 1 atom stereocenters. The van der Waals surface area contributed by atoms with E-state index in [2.05, 4.69) is 13.8 Å². The van der Waals surface area contributed by atoms with Gasteiger partial charge in [0.2, 0.25) is 0 Å². The molecule has 88 valence electrons. The molecule has 0 saturated carbocycles. The van der Waals surface area contributed by atoms with Crippen molar-refractivity contribution in [2.45, 2.75) is 39.7 Å². The molecule has 0 aliphatic carbocycles. The monoisotopic (exact) mass is 222 g/mol. The molecule has 1 unspecified atom stereocenters. The lowest BCUT2D eigenvalue weighted by Crippen LogP contribution is -2.20. The van der Waals surface area contributed by atoms with E-state index in [9.17, 15) is 9.90 Å². The van der Waals surface area contributed by atoms with Gasteiger partial charge in [0.25, 0.3) is 0 Å². The third kappa shape index (κ3) is 2.83. The molecule has 3 heteroatoms. The van der Waals surface area contributed by atoms with E-state index in [-0.39, 0.29) is 6.42 Å². The quantitative estimate of drug-likeness (QED) is 0.819. The maximum absolute atomic E-state index is 10.5. The number of carboxylic acids is 1. The van der Waals surface area contributed by atoms with Crippen molar-refractivity contribution in [3.8, 4) is 0 Å². The predicted octanol–water partition coefficient (Wildman–Crippen LogP) is 1.99. The van der Waals surface area contributed by atoms with Crippen LogP contribution in [0.3, 0.4) is 0 Å². The van der Waals surface area contributed by atoms with Gasteiger partial charge in [-0.3, -0.25) is 0 Å². The van der Waals surface area contributed by atoms with E-state index in [4.69, 9.17) is 5.11 Å². The normalized spacial score (nSPS) is 12.5. The fourth-order valence-corrected chi connectivity index (χ4v) is 1.70. The molecule has 0 heterocycles. The van der Waals surface area contributed by atoms with Gasteiger partial charge in [0.05, 0.1) is 0 Å². The number of carboxylic acid groups (broad SMARTS) is 1. The first-order chi connectivity index (χ1) is 7.43. The minimum atomic E-state index is -1.26. The van der Waals surface area contributed by atoms with Crippen molar-refractivity contribution in [1.82, 2.24) is 0 Å². The maximum atomic E-state index is 10.5. The summed E-state index contributed by atoms with van der Waals surface area (Å²) in [4.78, 5) is 10.5. The summed E-state index contributed by atoms with van der Waals surface area (Å²) >= 11 is 0. The Morgan fingerprint density at radius 3 is 2.44 bits per heavy atom. The molecule has 0 aliphatic rings. The van der Waals surface area contributed by atoms with Crippen LogP contribution >= 0.6 is 0 Å². The maximum Gasteiger partial charge on any atom is 0.332 e. The summed E-state index contributed by atoms with van der Waals surface area (Å²) in [6.07, 6.45) is -0.403. The Morgan fingerprint density at radius 2 is 1.88 bits per heavy atom. The highest BCUT2D eigenvalue weighted by Gasteiger charge is 2.13. The third-order valence-corrected chi connectivity index (χ3v) is 3.14. The molecular weight excluding hydrogens is 204 g/mol. The van der Waals surface area contributed by atoms with Gasteiger partial charge < -0.3 is 10.2 Å². The van der Waals surface area contributed by atoms with Crippen LogP contribution in [0.2, 0.25) is 0 Å². The summed E-state index contributed by atoms with van der Waals surface area (Å²) in [6.45, 7) is 6.14. The van der Waals surface area contributed by atoms with Gasteiger partial charge in [-0.15, -0.1) is 0 Å². The van der Waals surface area contributed by atoms with E-state index < -0.39 is 12.1 Å². The van der Waals surface area contributed by atoms with Crippen LogP contribution in [0.4, 0.5) is 0 Å². The second kappa shape index (κ2) is 5.12. The van der Waals surface area contributed by atoms with Crippen molar-refractivity contribution in [2.75, 3.05) is 0 Å². The zero-order chi connectivity index (χ0) is 12.3. The molecule has 1 rings (SSSR count). The largest absolute Gasteiger partial charge is 0.479 e. The first-order valence-electron chi connectivity index (χ1n) is 5.40. The fraction of sp³-hybridized carbons (Fsp3) is 0.462.